The van der Waals surface area contributed by atoms with Gasteiger partial charge in [-0.2, -0.15) is 4.40 Å². The number of nitrogens with zero attached hydrogens (tertiary/aromatic N) is 1. The second-order valence-corrected chi connectivity index (χ2v) is 10.2. The van der Waals surface area contributed by atoms with E-state index in [1.54, 1.807) is 26.8 Å². The first kappa shape index (κ1) is 20.3. The van der Waals surface area contributed by atoms with E-state index >= 15 is 0 Å². The molecule has 1 atom stereocenters. The molecule has 1 unspecified atom stereocenters. The van der Waals surface area contributed by atoms with Crippen LogP contribution in [-0.4, -0.2) is 31.3 Å². The topological polar surface area (TPSA) is 104 Å². The Kier molecular flexibility index (Phi) is 4.94. The van der Waals surface area contributed by atoms with Crippen LogP contribution >= 0.6 is 0 Å². The number of Topliss-reactive ketones (excluding diaryl/α,β-unsaturated/α-hetero) is 1. The molecule has 2 N–H and O–H groups in total. The maximum atomic E-state index is 12.6. The molecule has 142 valence electrons. The van der Waals surface area contributed by atoms with Crippen molar-refractivity contribution in [1.82, 2.24) is 0 Å². The van der Waals surface area contributed by atoms with E-state index < -0.39 is 26.8 Å². The first-order valence-electron chi connectivity index (χ1n) is 8.28. The van der Waals surface area contributed by atoms with E-state index in [0.29, 0.717) is 16.5 Å². The number of rotatable bonds is 3. The molecule has 1 heterocycles. The molecule has 0 bridgehead atoms. The Morgan fingerprint density at radius 1 is 1.12 bits per heavy atom. The molecule has 0 fully saturated rings. The number of hydrogen-bond donors (Lipinski definition) is 2. The number of aromatic carboxylic acids is 1. The zero-order chi connectivity index (χ0) is 20.1. The number of carbonyl (C=O) groups is 2. The normalized spacial score (nSPS) is 20.0. The van der Waals surface area contributed by atoms with E-state index in [1.165, 1.54) is 12.1 Å². The summed E-state index contributed by atoms with van der Waals surface area (Å²) in [5.74, 6) is -1.35. The Balaban J connectivity index is 2.81. The van der Waals surface area contributed by atoms with E-state index in [1.807, 2.05) is 20.8 Å². The highest BCUT2D eigenvalue weighted by Gasteiger charge is 2.26. The number of ketones is 1. The number of fused-ring (bicyclic) bond motifs is 1. The van der Waals surface area contributed by atoms with Gasteiger partial charge in [-0.05, 0) is 29.0 Å². The SMILES string of the molecule is CC(C)(C)C(=O)Cc1cc2c(cc1C(=O)O)=S(=O)(O)N=C(C(C)(C)C)C=2. The van der Waals surface area contributed by atoms with Gasteiger partial charge in [0.1, 0.15) is 5.78 Å². The van der Waals surface area contributed by atoms with Gasteiger partial charge < -0.3 is 5.11 Å². The summed E-state index contributed by atoms with van der Waals surface area (Å²) in [5, 5.41) is 9.93. The van der Waals surface area contributed by atoms with Crippen LogP contribution in [0.5, 0.6) is 0 Å². The number of carboxylic acid groups (broad SMARTS) is 1. The van der Waals surface area contributed by atoms with Crippen molar-refractivity contribution in [2.45, 2.75) is 48.0 Å². The van der Waals surface area contributed by atoms with Gasteiger partial charge in [0.15, 0.2) is 9.99 Å². The largest absolute Gasteiger partial charge is 0.478 e. The Bertz CT molecular complexity index is 1030. The average molecular weight is 379 g/mol. The summed E-state index contributed by atoms with van der Waals surface area (Å²) in [7, 11) is -3.75. The second kappa shape index (κ2) is 6.32. The fourth-order valence-corrected chi connectivity index (χ4v) is 3.87. The van der Waals surface area contributed by atoms with Crippen molar-refractivity contribution in [2.75, 3.05) is 0 Å². The summed E-state index contributed by atoms with van der Waals surface area (Å²) >= 11 is 0. The predicted molar refractivity (Wildman–Crippen MR) is 102 cm³/mol. The van der Waals surface area contributed by atoms with Gasteiger partial charge >= 0.3 is 5.97 Å². The number of carbonyl (C=O) groups excluding carboxylic acids is 1. The molecule has 2 rings (SSSR count). The first-order chi connectivity index (χ1) is 11.6. The number of hydrogen-bond acceptors (Lipinski definition) is 3. The van der Waals surface area contributed by atoms with Crippen molar-refractivity contribution >= 4 is 33.5 Å². The molecule has 0 spiro atoms. The molecule has 7 heteroatoms. The molecule has 0 aliphatic carbocycles. The van der Waals surface area contributed by atoms with Gasteiger partial charge in [-0.1, -0.05) is 41.5 Å². The van der Waals surface area contributed by atoms with Crippen LogP contribution in [0.1, 0.15) is 57.5 Å². The van der Waals surface area contributed by atoms with E-state index in [9.17, 15) is 23.5 Å². The van der Waals surface area contributed by atoms with Crippen molar-refractivity contribution in [3.63, 3.8) is 0 Å². The molecule has 6 nitrogen and oxygen atoms in total. The fourth-order valence-electron chi connectivity index (χ4n) is 2.48. The summed E-state index contributed by atoms with van der Waals surface area (Å²) in [5.41, 5.74) is -0.425. The lowest BCUT2D eigenvalue weighted by molar-refractivity contribution is -0.125. The number of carboxylic acids is 1. The molecule has 0 saturated carbocycles. The van der Waals surface area contributed by atoms with E-state index in [-0.39, 0.29) is 22.3 Å². The van der Waals surface area contributed by atoms with Crippen molar-refractivity contribution in [3.05, 3.63) is 33.0 Å². The van der Waals surface area contributed by atoms with Gasteiger partial charge in [0.05, 0.1) is 15.8 Å². The molecule has 1 aliphatic heterocycles. The van der Waals surface area contributed by atoms with Crippen LogP contribution in [0.4, 0.5) is 0 Å². The summed E-state index contributed by atoms with van der Waals surface area (Å²) in [6, 6.07) is 2.70. The molecule has 1 aliphatic rings. The quantitative estimate of drug-likeness (QED) is 0.786. The van der Waals surface area contributed by atoms with E-state index in [4.69, 9.17) is 0 Å². The molecular formula is C19H25NO5S. The minimum Gasteiger partial charge on any atom is -0.478 e. The van der Waals surface area contributed by atoms with Crippen molar-refractivity contribution in [2.24, 2.45) is 15.2 Å². The van der Waals surface area contributed by atoms with Crippen LogP contribution in [0.15, 0.2) is 16.5 Å². The minimum atomic E-state index is -3.75. The molecule has 26 heavy (non-hydrogen) atoms. The Morgan fingerprint density at radius 2 is 1.69 bits per heavy atom. The van der Waals surface area contributed by atoms with Crippen molar-refractivity contribution in [3.8, 4) is 0 Å². The van der Waals surface area contributed by atoms with E-state index in [2.05, 4.69) is 4.40 Å². The van der Waals surface area contributed by atoms with Crippen molar-refractivity contribution in [1.29, 1.82) is 0 Å². The zero-order valence-corrected chi connectivity index (χ0v) is 16.7. The fraction of sp³-hybridized carbons (Fsp3) is 0.474. The van der Waals surface area contributed by atoms with Crippen LogP contribution < -0.4 is 5.22 Å². The molecule has 0 saturated heterocycles. The standard InChI is InChI=1S/C19H25NO5S/c1-18(2,3)15-8-12-7-11(9-16(21)19(4,5)6)13(17(22)23)10-14(12)26(24,25)20-15/h7-8,10H,9H2,1-6H3,(H,22,23)(H,20,24,25). The predicted octanol–water partition coefficient (Wildman–Crippen LogP) is 2.75. The summed E-state index contributed by atoms with van der Waals surface area (Å²) in [6.45, 7) is 10.9. The van der Waals surface area contributed by atoms with Gasteiger partial charge in [0, 0.05) is 17.3 Å². The molecule has 1 aromatic rings. The monoisotopic (exact) mass is 379 g/mol. The third-order valence-corrected chi connectivity index (χ3v) is 5.59. The molecule has 0 aromatic heterocycles. The van der Waals surface area contributed by atoms with Gasteiger partial charge in [-0.25, -0.2) is 9.00 Å². The Morgan fingerprint density at radius 3 is 2.15 bits per heavy atom. The minimum absolute atomic E-state index is 0.0325. The van der Waals surface area contributed by atoms with Crippen molar-refractivity contribution < 1.29 is 23.5 Å². The highest BCUT2D eigenvalue weighted by molar-refractivity contribution is 7.88. The summed E-state index contributed by atoms with van der Waals surface area (Å²) in [6.07, 6.45) is 1.63. The molecule has 1 aromatic carbocycles. The summed E-state index contributed by atoms with van der Waals surface area (Å²) < 4.78 is 26.9. The Labute approximate surface area is 153 Å². The van der Waals surface area contributed by atoms with Gasteiger partial charge in [-0.15, -0.1) is 0 Å². The number of benzene rings is 1. The summed E-state index contributed by atoms with van der Waals surface area (Å²) in [4.78, 5) is 24.0. The average Bonchev–Trinajstić information content (AvgIpc) is 2.43. The Hall–Kier alpha value is -1.99. The lowest BCUT2D eigenvalue weighted by Crippen LogP contribution is -2.28. The van der Waals surface area contributed by atoms with Gasteiger partial charge in [-0.3, -0.25) is 9.35 Å². The highest BCUT2D eigenvalue weighted by Crippen LogP contribution is 2.23. The van der Waals surface area contributed by atoms with Crippen LogP contribution in [0.3, 0.4) is 0 Å². The molecule has 0 amide bonds. The maximum Gasteiger partial charge on any atom is 0.336 e. The van der Waals surface area contributed by atoms with Crippen LogP contribution in [0, 0.1) is 15.3 Å². The molecule has 0 radical (unpaired) electrons. The maximum absolute atomic E-state index is 12.6. The van der Waals surface area contributed by atoms with E-state index in [0.717, 1.165) is 0 Å². The zero-order valence-electron chi connectivity index (χ0n) is 15.9. The molecular weight excluding hydrogens is 354 g/mol. The van der Waals surface area contributed by atoms with Crippen LogP contribution in [0.2, 0.25) is 0 Å². The first-order valence-corrected chi connectivity index (χ1v) is 9.75. The third-order valence-electron chi connectivity index (χ3n) is 4.22. The van der Waals surface area contributed by atoms with Crippen LogP contribution in [-0.2, 0) is 21.2 Å². The lowest BCUT2D eigenvalue weighted by Gasteiger charge is -2.21. The smallest absolute Gasteiger partial charge is 0.336 e. The third kappa shape index (κ3) is 4.04. The van der Waals surface area contributed by atoms with Crippen LogP contribution in [0.25, 0.3) is 6.08 Å². The van der Waals surface area contributed by atoms with Gasteiger partial charge in [0.25, 0.3) is 0 Å². The van der Waals surface area contributed by atoms with Gasteiger partial charge in [0.2, 0.25) is 0 Å². The second-order valence-electron chi connectivity index (χ2n) is 8.57. The lowest BCUT2D eigenvalue weighted by atomic mass is 9.85. The highest BCUT2D eigenvalue weighted by atomic mass is 32.2.